The van der Waals surface area contributed by atoms with Gasteiger partial charge in [0.2, 0.25) is 0 Å². The Bertz CT molecular complexity index is 426. The largest absolute Gasteiger partial charge is 0.383 e. The van der Waals surface area contributed by atoms with Gasteiger partial charge in [-0.15, -0.1) is 0 Å². The van der Waals surface area contributed by atoms with Crippen LogP contribution in [0.5, 0.6) is 0 Å². The fourth-order valence-corrected chi connectivity index (χ4v) is 3.08. The van der Waals surface area contributed by atoms with E-state index in [1.165, 1.54) is 38.6 Å². The van der Waals surface area contributed by atoms with Crippen LogP contribution in [0.2, 0.25) is 5.15 Å². The predicted molar refractivity (Wildman–Crippen MR) is 84.6 cm³/mol. The molecule has 1 saturated heterocycles. The highest BCUT2D eigenvalue weighted by Gasteiger charge is 2.20. The Labute approximate surface area is 126 Å². The highest BCUT2D eigenvalue weighted by atomic mass is 35.5. The highest BCUT2D eigenvalue weighted by Crippen LogP contribution is 2.25. The van der Waals surface area contributed by atoms with Crippen molar-refractivity contribution in [2.75, 3.05) is 37.3 Å². The Hall–Kier alpha value is -1.07. The molecule has 2 rings (SSSR count). The Morgan fingerprint density at radius 2 is 2.25 bits per heavy atom. The summed E-state index contributed by atoms with van der Waals surface area (Å²) in [7, 11) is 1.83. The van der Waals surface area contributed by atoms with E-state index in [9.17, 15) is 0 Å². The monoisotopic (exact) mass is 297 g/mol. The normalized spacial score (nSPS) is 19.9. The Morgan fingerprint density at radius 1 is 1.40 bits per heavy atom. The van der Waals surface area contributed by atoms with E-state index in [4.69, 9.17) is 11.6 Å². The molecule has 2 N–H and O–H groups in total. The fourth-order valence-electron chi connectivity index (χ4n) is 2.85. The predicted octanol–water partition coefficient (Wildman–Crippen LogP) is 2.85. The van der Waals surface area contributed by atoms with E-state index in [-0.39, 0.29) is 0 Å². The summed E-state index contributed by atoms with van der Waals surface area (Å²) in [5.41, 5.74) is 0.764. The number of anilines is 2. The van der Waals surface area contributed by atoms with Crippen molar-refractivity contribution in [3.63, 3.8) is 0 Å². The number of rotatable bonds is 6. The molecule has 2 heterocycles. The number of nitrogens with zero attached hydrogens (tertiary/aromatic N) is 3. The molecule has 6 heteroatoms. The smallest absolute Gasteiger partial charge is 0.157 e. The van der Waals surface area contributed by atoms with Gasteiger partial charge in [0.25, 0.3) is 0 Å². The molecule has 1 aromatic rings. The minimum Gasteiger partial charge on any atom is -0.383 e. The number of nitrogens with one attached hydrogen (secondary N) is 2. The lowest BCUT2D eigenvalue weighted by molar-refractivity contribution is 0.150. The molecule has 5 nitrogen and oxygen atoms in total. The van der Waals surface area contributed by atoms with Crippen molar-refractivity contribution in [1.82, 2.24) is 14.9 Å². The first kappa shape index (κ1) is 15.3. The van der Waals surface area contributed by atoms with Crippen molar-refractivity contribution in [2.45, 2.75) is 38.6 Å². The maximum atomic E-state index is 6.04. The second kappa shape index (κ2) is 7.64. The minimum absolute atomic E-state index is 0.453. The molecule has 1 atom stereocenters. The van der Waals surface area contributed by atoms with Crippen LogP contribution in [0.25, 0.3) is 0 Å². The first-order valence-corrected chi connectivity index (χ1v) is 7.80. The first-order chi connectivity index (χ1) is 9.76. The van der Waals surface area contributed by atoms with E-state index in [1.54, 1.807) is 0 Å². The van der Waals surface area contributed by atoms with E-state index in [0.717, 1.165) is 30.6 Å². The van der Waals surface area contributed by atoms with Crippen LogP contribution in [0.15, 0.2) is 6.33 Å². The van der Waals surface area contributed by atoms with Gasteiger partial charge in [-0.25, -0.2) is 9.97 Å². The molecule has 0 amide bonds. The summed E-state index contributed by atoms with van der Waals surface area (Å²) >= 11 is 6.04. The third-order valence-corrected chi connectivity index (χ3v) is 4.25. The second-order valence-electron chi connectivity index (χ2n) is 5.16. The zero-order chi connectivity index (χ0) is 14.4. The van der Waals surface area contributed by atoms with Crippen LogP contribution >= 0.6 is 11.6 Å². The summed E-state index contributed by atoms with van der Waals surface area (Å²) in [6, 6.07) is 0.739. The molecule has 1 aromatic heterocycles. The van der Waals surface area contributed by atoms with Gasteiger partial charge >= 0.3 is 0 Å². The minimum atomic E-state index is 0.453. The summed E-state index contributed by atoms with van der Waals surface area (Å²) in [4.78, 5) is 10.8. The van der Waals surface area contributed by atoms with Gasteiger partial charge in [0.1, 0.15) is 12.0 Å². The van der Waals surface area contributed by atoms with Gasteiger partial charge in [0.05, 0.1) is 0 Å². The van der Waals surface area contributed by atoms with Crippen LogP contribution in [-0.4, -0.2) is 47.6 Å². The average molecular weight is 298 g/mol. The number of piperidine rings is 1. The van der Waals surface area contributed by atoms with Gasteiger partial charge < -0.3 is 10.6 Å². The van der Waals surface area contributed by atoms with Crippen molar-refractivity contribution in [1.29, 1.82) is 0 Å². The number of halogens is 1. The van der Waals surface area contributed by atoms with Crippen LogP contribution in [0.3, 0.4) is 0 Å². The molecule has 1 aliphatic rings. The van der Waals surface area contributed by atoms with E-state index < -0.39 is 0 Å². The number of likely N-dealkylation sites (tertiary alicyclic amines) is 1. The fraction of sp³-hybridized carbons (Fsp3) is 0.714. The molecule has 1 fully saturated rings. The molecular weight excluding hydrogens is 274 g/mol. The number of hydrogen-bond donors (Lipinski definition) is 2. The molecule has 0 radical (unpaired) electrons. The van der Waals surface area contributed by atoms with Gasteiger partial charge in [-0.2, -0.15) is 0 Å². The third-order valence-electron chi connectivity index (χ3n) is 3.96. The summed E-state index contributed by atoms with van der Waals surface area (Å²) in [5.74, 6) is 0.776. The number of aromatic nitrogens is 2. The van der Waals surface area contributed by atoms with Crippen molar-refractivity contribution >= 4 is 23.1 Å². The molecule has 0 aliphatic carbocycles. The summed E-state index contributed by atoms with van der Waals surface area (Å²) in [6.07, 6.45) is 6.74. The van der Waals surface area contributed by atoms with Crippen molar-refractivity contribution < 1.29 is 0 Å². The molecule has 1 aliphatic heterocycles. The van der Waals surface area contributed by atoms with E-state index in [2.05, 4.69) is 32.4 Å². The van der Waals surface area contributed by atoms with E-state index >= 15 is 0 Å². The average Bonchev–Trinajstić information content (AvgIpc) is 2.48. The van der Waals surface area contributed by atoms with Crippen molar-refractivity contribution in [2.24, 2.45) is 0 Å². The lowest BCUT2D eigenvalue weighted by Crippen LogP contribution is -2.41. The molecule has 112 valence electrons. The molecular formula is C14H24ClN5. The van der Waals surface area contributed by atoms with Gasteiger partial charge in [0.15, 0.2) is 11.0 Å². The quantitative estimate of drug-likeness (QED) is 0.791. The standard InChI is InChI=1S/C14H24ClN5/c1-3-11-6-4-5-8-20(11)9-7-17-14-12(16-2)13(15)18-10-19-14/h10-11,16H,3-9H2,1-2H3,(H,17,18,19). The Kier molecular flexibility index (Phi) is 5.86. The zero-order valence-corrected chi connectivity index (χ0v) is 13.1. The van der Waals surface area contributed by atoms with Gasteiger partial charge in [-0.3, -0.25) is 4.90 Å². The third kappa shape index (κ3) is 3.73. The molecule has 0 bridgehead atoms. The molecule has 1 unspecified atom stereocenters. The second-order valence-corrected chi connectivity index (χ2v) is 5.52. The maximum Gasteiger partial charge on any atom is 0.157 e. The van der Waals surface area contributed by atoms with Crippen LogP contribution < -0.4 is 10.6 Å². The van der Waals surface area contributed by atoms with Gasteiger partial charge in [-0.05, 0) is 25.8 Å². The molecule has 20 heavy (non-hydrogen) atoms. The topological polar surface area (TPSA) is 53.1 Å². The summed E-state index contributed by atoms with van der Waals surface area (Å²) in [6.45, 7) is 5.41. The summed E-state index contributed by atoms with van der Waals surface area (Å²) in [5, 5.41) is 6.85. The molecule has 0 spiro atoms. The SMILES string of the molecule is CCC1CCCCN1CCNc1ncnc(Cl)c1NC. The Balaban J connectivity index is 1.88. The molecule has 0 aromatic carbocycles. The van der Waals surface area contributed by atoms with Crippen LogP contribution in [0.4, 0.5) is 11.5 Å². The maximum absolute atomic E-state index is 6.04. The van der Waals surface area contributed by atoms with Crippen LogP contribution in [-0.2, 0) is 0 Å². The van der Waals surface area contributed by atoms with Crippen LogP contribution in [0, 0.1) is 0 Å². The zero-order valence-electron chi connectivity index (χ0n) is 12.3. The van der Waals surface area contributed by atoms with Crippen molar-refractivity contribution in [3.05, 3.63) is 11.5 Å². The first-order valence-electron chi connectivity index (χ1n) is 7.42. The van der Waals surface area contributed by atoms with Gasteiger partial charge in [0, 0.05) is 26.2 Å². The van der Waals surface area contributed by atoms with E-state index in [0.29, 0.717) is 5.15 Å². The van der Waals surface area contributed by atoms with Gasteiger partial charge in [-0.1, -0.05) is 24.9 Å². The highest BCUT2D eigenvalue weighted by molar-refractivity contribution is 6.32. The lowest BCUT2D eigenvalue weighted by Gasteiger charge is -2.35. The summed E-state index contributed by atoms with van der Waals surface area (Å²) < 4.78 is 0. The Morgan fingerprint density at radius 3 is 3.00 bits per heavy atom. The number of hydrogen-bond acceptors (Lipinski definition) is 5. The van der Waals surface area contributed by atoms with E-state index in [1.807, 2.05) is 7.05 Å². The molecule has 0 saturated carbocycles. The van der Waals surface area contributed by atoms with Crippen molar-refractivity contribution in [3.8, 4) is 0 Å². The van der Waals surface area contributed by atoms with Crippen LogP contribution in [0.1, 0.15) is 32.6 Å². The lowest BCUT2D eigenvalue weighted by atomic mass is 10.0.